The van der Waals surface area contributed by atoms with Gasteiger partial charge in [-0.2, -0.15) is 0 Å². The van der Waals surface area contributed by atoms with Crippen LogP contribution in [0.25, 0.3) is 0 Å². The molecule has 0 aromatic rings. The molecule has 0 radical (unpaired) electrons. The van der Waals surface area contributed by atoms with E-state index in [1.807, 2.05) is 18.2 Å². The van der Waals surface area contributed by atoms with Crippen LogP contribution in [-0.4, -0.2) is 13.1 Å². The summed E-state index contributed by atoms with van der Waals surface area (Å²) in [4.78, 5) is 10.7. The minimum atomic E-state index is -0.157. The van der Waals surface area contributed by atoms with Crippen molar-refractivity contribution >= 4 is 5.97 Å². The third-order valence-electron chi connectivity index (χ3n) is 1.45. The number of methoxy groups -OCH3 is 1. The highest BCUT2D eigenvalue weighted by Gasteiger charge is 2.05. The van der Waals surface area contributed by atoms with Crippen molar-refractivity contribution in [2.24, 2.45) is 0 Å². The molecule has 0 heterocycles. The number of hydrogen-bond acceptors (Lipinski definition) is 2. The zero-order valence-corrected chi connectivity index (χ0v) is 5.96. The highest BCUT2D eigenvalue weighted by molar-refractivity contribution is 5.72. The Hall–Kier alpha value is -1.05. The first-order valence-electron chi connectivity index (χ1n) is 3.24. The molecule has 2 nitrogen and oxygen atoms in total. The lowest BCUT2D eigenvalue weighted by molar-refractivity contribution is -0.139. The lowest BCUT2D eigenvalue weighted by Crippen LogP contribution is -2.00. The van der Waals surface area contributed by atoms with Gasteiger partial charge in [0.05, 0.1) is 13.5 Å². The van der Waals surface area contributed by atoms with Crippen LogP contribution >= 0.6 is 0 Å². The minimum absolute atomic E-state index is 0.157. The summed E-state index contributed by atoms with van der Waals surface area (Å²) in [6, 6.07) is 0. The average molecular weight is 138 g/mol. The van der Waals surface area contributed by atoms with Gasteiger partial charge < -0.3 is 4.74 Å². The lowest BCUT2D eigenvalue weighted by atomic mass is 10.2. The molecule has 0 bridgehead atoms. The van der Waals surface area contributed by atoms with Gasteiger partial charge in [-0.3, -0.25) is 4.79 Å². The first-order valence-corrected chi connectivity index (χ1v) is 3.24. The SMILES string of the molecule is COC(=O)CC1=CC=CC1. The normalized spacial score (nSPS) is 15.1. The van der Waals surface area contributed by atoms with Crippen LogP contribution in [-0.2, 0) is 9.53 Å². The predicted molar refractivity (Wildman–Crippen MR) is 38.5 cm³/mol. The minimum Gasteiger partial charge on any atom is -0.469 e. The zero-order valence-electron chi connectivity index (χ0n) is 5.96. The van der Waals surface area contributed by atoms with Crippen molar-refractivity contribution in [1.82, 2.24) is 0 Å². The van der Waals surface area contributed by atoms with E-state index in [4.69, 9.17) is 0 Å². The van der Waals surface area contributed by atoms with E-state index in [-0.39, 0.29) is 5.97 Å². The van der Waals surface area contributed by atoms with E-state index in [2.05, 4.69) is 4.74 Å². The fourth-order valence-electron chi connectivity index (χ4n) is 0.880. The second kappa shape index (κ2) is 3.20. The van der Waals surface area contributed by atoms with Gasteiger partial charge in [0, 0.05) is 0 Å². The first-order chi connectivity index (χ1) is 4.83. The van der Waals surface area contributed by atoms with Gasteiger partial charge in [-0.25, -0.2) is 0 Å². The van der Waals surface area contributed by atoms with Crippen LogP contribution in [0.15, 0.2) is 23.8 Å². The van der Waals surface area contributed by atoms with E-state index < -0.39 is 0 Å². The Balaban J connectivity index is 2.33. The standard InChI is InChI=1S/C8H10O2/c1-10-8(9)6-7-4-2-3-5-7/h2-4H,5-6H2,1H3. The molecule has 0 unspecified atom stereocenters. The molecular formula is C8H10O2. The highest BCUT2D eigenvalue weighted by Crippen LogP contribution is 2.14. The van der Waals surface area contributed by atoms with Crippen LogP contribution in [0.3, 0.4) is 0 Å². The fourth-order valence-corrected chi connectivity index (χ4v) is 0.880. The second-order valence-corrected chi connectivity index (χ2v) is 2.21. The molecule has 10 heavy (non-hydrogen) atoms. The summed E-state index contributed by atoms with van der Waals surface area (Å²) in [5.74, 6) is -0.157. The molecule has 0 aromatic carbocycles. The van der Waals surface area contributed by atoms with Gasteiger partial charge in [0.1, 0.15) is 0 Å². The summed E-state index contributed by atoms with van der Waals surface area (Å²) >= 11 is 0. The molecule has 1 rings (SSSR count). The third kappa shape index (κ3) is 1.72. The van der Waals surface area contributed by atoms with E-state index in [1.165, 1.54) is 7.11 Å². The van der Waals surface area contributed by atoms with Crippen LogP contribution in [0, 0.1) is 0 Å². The molecular weight excluding hydrogens is 128 g/mol. The Labute approximate surface area is 60.2 Å². The number of rotatable bonds is 2. The van der Waals surface area contributed by atoms with Crippen molar-refractivity contribution in [3.05, 3.63) is 23.8 Å². The molecule has 0 aromatic heterocycles. The molecule has 0 saturated heterocycles. The Morgan fingerprint density at radius 1 is 1.80 bits per heavy atom. The number of carbonyl (C=O) groups is 1. The van der Waals surface area contributed by atoms with Crippen LogP contribution in [0.2, 0.25) is 0 Å². The van der Waals surface area contributed by atoms with Crippen LogP contribution in [0.4, 0.5) is 0 Å². The smallest absolute Gasteiger partial charge is 0.309 e. The van der Waals surface area contributed by atoms with E-state index >= 15 is 0 Å². The fraction of sp³-hybridized carbons (Fsp3) is 0.375. The van der Waals surface area contributed by atoms with Crippen molar-refractivity contribution < 1.29 is 9.53 Å². The van der Waals surface area contributed by atoms with Crippen molar-refractivity contribution in [3.63, 3.8) is 0 Å². The largest absolute Gasteiger partial charge is 0.469 e. The lowest BCUT2D eigenvalue weighted by Gasteiger charge is -1.97. The second-order valence-electron chi connectivity index (χ2n) is 2.21. The molecule has 0 atom stereocenters. The molecule has 0 spiro atoms. The summed E-state index contributed by atoms with van der Waals surface area (Å²) in [6.07, 6.45) is 7.27. The molecule has 1 aliphatic carbocycles. The predicted octanol–water partition coefficient (Wildman–Crippen LogP) is 1.44. The Bertz CT molecular complexity index is 189. The summed E-state index contributed by atoms with van der Waals surface area (Å²) < 4.78 is 4.50. The molecule has 0 fully saturated rings. The average Bonchev–Trinajstić information content (AvgIpc) is 2.40. The molecule has 1 aliphatic rings. The summed E-state index contributed by atoms with van der Waals surface area (Å²) in [5, 5.41) is 0. The number of esters is 1. The van der Waals surface area contributed by atoms with E-state index in [9.17, 15) is 4.79 Å². The van der Waals surface area contributed by atoms with Gasteiger partial charge >= 0.3 is 5.97 Å². The summed E-state index contributed by atoms with van der Waals surface area (Å²) in [6.45, 7) is 0. The number of carbonyl (C=O) groups excluding carboxylic acids is 1. The molecule has 54 valence electrons. The van der Waals surface area contributed by atoms with Gasteiger partial charge in [0.25, 0.3) is 0 Å². The van der Waals surface area contributed by atoms with E-state index in [0.29, 0.717) is 6.42 Å². The topological polar surface area (TPSA) is 26.3 Å². The van der Waals surface area contributed by atoms with E-state index in [1.54, 1.807) is 0 Å². The van der Waals surface area contributed by atoms with Gasteiger partial charge in [-0.05, 0) is 6.42 Å². The van der Waals surface area contributed by atoms with Gasteiger partial charge in [-0.15, -0.1) is 0 Å². The zero-order chi connectivity index (χ0) is 7.40. The van der Waals surface area contributed by atoms with Crippen molar-refractivity contribution in [3.8, 4) is 0 Å². The van der Waals surface area contributed by atoms with Crippen molar-refractivity contribution in [1.29, 1.82) is 0 Å². The van der Waals surface area contributed by atoms with Gasteiger partial charge in [-0.1, -0.05) is 23.8 Å². The van der Waals surface area contributed by atoms with Crippen LogP contribution in [0.1, 0.15) is 12.8 Å². The number of ether oxygens (including phenoxy) is 1. The third-order valence-corrected chi connectivity index (χ3v) is 1.45. The first kappa shape index (κ1) is 7.06. The van der Waals surface area contributed by atoms with Crippen molar-refractivity contribution in [2.45, 2.75) is 12.8 Å². The van der Waals surface area contributed by atoms with Crippen LogP contribution < -0.4 is 0 Å². The summed E-state index contributed by atoms with van der Waals surface area (Å²) in [5.41, 5.74) is 1.13. The highest BCUT2D eigenvalue weighted by atomic mass is 16.5. The maximum absolute atomic E-state index is 10.7. The molecule has 0 N–H and O–H groups in total. The van der Waals surface area contributed by atoms with Crippen LogP contribution in [0.5, 0.6) is 0 Å². The molecule has 0 saturated carbocycles. The molecule has 2 heteroatoms. The van der Waals surface area contributed by atoms with Gasteiger partial charge in [0.15, 0.2) is 0 Å². The number of allylic oxidation sites excluding steroid dienone is 3. The van der Waals surface area contributed by atoms with Gasteiger partial charge in [0.2, 0.25) is 0 Å². The quantitative estimate of drug-likeness (QED) is 0.539. The Morgan fingerprint density at radius 3 is 3.10 bits per heavy atom. The Morgan fingerprint density at radius 2 is 2.60 bits per heavy atom. The van der Waals surface area contributed by atoms with E-state index in [0.717, 1.165) is 12.0 Å². The summed E-state index contributed by atoms with van der Waals surface area (Å²) in [7, 11) is 1.41. The monoisotopic (exact) mass is 138 g/mol. The number of hydrogen-bond donors (Lipinski definition) is 0. The molecule has 0 amide bonds. The van der Waals surface area contributed by atoms with Crippen molar-refractivity contribution in [2.75, 3.05) is 7.11 Å². The Kier molecular flexibility index (Phi) is 2.26. The maximum atomic E-state index is 10.7. The molecule has 0 aliphatic heterocycles. The maximum Gasteiger partial charge on any atom is 0.309 e.